The van der Waals surface area contributed by atoms with E-state index in [1.54, 1.807) is 0 Å². The number of fused-ring (bicyclic) bond motifs is 1. The smallest absolute Gasteiger partial charge is 0.308 e. The second-order valence-corrected chi connectivity index (χ2v) is 8.29. The number of rotatable bonds is 2. The molecule has 2 aliphatic carbocycles. The predicted molar refractivity (Wildman–Crippen MR) is 85.1 cm³/mol. The average molecular weight is 318 g/mol. The summed E-state index contributed by atoms with van der Waals surface area (Å²) in [6.07, 6.45) is 4.44. The number of carbonyl (C=O) groups is 1. The van der Waals surface area contributed by atoms with Crippen molar-refractivity contribution in [3.63, 3.8) is 0 Å². The van der Waals surface area contributed by atoms with Crippen LogP contribution in [0.2, 0.25) is 0 Å². The highest BCUT2D eigenvalue weighted by molar-refractivity contribution is 5.71. The number of hydrogen-bond donors (Lipinski definition) is 0. The number of epoxide rings is 1. The van der Waals surface area contributed by atoms with Crippen molar-refractivity contribution in [3.05, 3.63) is 23.2 Å². The van der Waals surface area contributed by atoms with E-state index in [9.17, 15) is 4.79 Å². The highest BCUT2D eigenvalue weighted by Crippen LogP contribution is 2.66. The Balaban J connectivity index is 1.65. The molecule has 2 fully saturated rings. The molecule has 23 heavy (non-hydrogen) atoms. The molecule has 0 N–H and O–H groups in total. The molecule has 5 atom stereocenters. The molecule has 1 spiro atoms. The molecule has 0 bridgehead atoms. The Bertz CT molecular complexity index is 660. The minimum Gasteiger partial charge on any atom is -0.469 e. The number of carbonyl (C=O) groups excluding carboxylic acids is 1. The summed E-state index contributed by atoms with van der Waals surface area (Å²) in [5, 5.41) is 0. The largest absolute Gasteiger partial charge is 0.469 e. The van der Waals surface area contributed by atoms with Crippen molar-refractivity contribution in [2.24, 2.45) is 17.3 Å². The molecule has 2 heterocycles. The molecular weight excluding hydrogens is 292 g/mol. The Kier molecular flexibility index (Phi) is 3.07. The third kappa shape index (κ3) is 1.90. The Hall–Kier alpha value is -1.29. The van der Waals surface area contributed by atoms with E-state index < -0.39 is 0 Å². The van der Waals surface area contributed by atoms with E-state index in [0.29, 0.717) is 5.92 Å². The lowest BCUT2D eigenvalue weighted by molar-refractivity contribution is -0.156. The maximum absolute atomic E-state index is 12.0. The fraction of sp³-hybridized carbons (Fsp3) is 0.737. The minimum absolute atomic E-state index is 0.0185. The molecule has 1 saturated heterocycles. The second kappa shape index (κ2) is 4.62. The Labute approximate surface area is 137 Å². The molecule has 0 aromatic carbocycles. The maximum atomic E-state index is 12.0. The molecule has 1 aliphatic heterocycles. The van der Waals surface area contributed by atoms with Gasteiger partial charge in [0.25, 0.3) is 0 Å². The predicted octanol–water partition coefficient (Wildman–Crippen LogP) is 3.44. The molecular formula is C19H26O4. The zero-order chi connectivity index (χ0) is 16.6. The monoisotopic (exact) mass is 318 g/mol. The van der Waals surface area contributed by atoms with Gasteiger partial charge in [0.2, 0.25) is 0 Å². The van der Waals surface area contributed by atoms with Crippen molar-refractivity contribution in [2.75, 3.05) is 0 Å². The van der Waals surface area contributed by atoms with Crippen molar-refractivity contribution in [3.8, 4) is 0 Å². The van der Waals surface area contributed by atoms with Crippen LogP contribution in [0.1, 0.15) is 51.0 Å². The molecule has 0 amide bonds. The first-order valence-electron chi connectivity index (χ1n) is 8.72. The first-order chi connectivity index (χ1) is 10.8. The van der Waals surface area contributed by atoms with Crippen LogP contribution < -0.4 is 0 Å². The van der Waals surface area contributed by atoms with Crippen LogP contribution in [0.3, 0.4) is 0 Å². The number of esters is 1. The third-order valence-corrected chi connectivity index (χ3v) is 6.61. The van der Waals surface area contributed by atoms with Gasteiger partial charge in [0.1, 0.15) is 23.6 Å². The molecule has 0 radical (unpaired) electrons. The average Bonchev–Trinajstić information content (AvgIpc) is 3.12. The number of furan rings is 1. The standard InChI is InChI=1S/C19H26O4/c1-10(2)17(20)22-14-6-12(4)18(5)7-13-11(3)9-21-15(13)8-19(18)16(14)23-19/h9-10,12,14,16H,6-8H2,1-5H3. The van der Waals surface area contributed by atoms with E-state index in [-0.39, 0.29) is 35.1 Å². The summed E-state index contributed by atoms with van der Waals surface area (Å²) in [6, 6.07) is 0. The lowest BCUT2D eigenvalue weighted by Gasteiger charge is -2.48. The van der Waals surface area contributed by atoms with Crippen LogP contribution in [-0.4, -0.2) is 23.8 Å². The second-order valence-electron chi connectivity index (χ2n) is 8.29. The van der Waals surface area contributed by atoms with Gasteiger partial charge in [-0.25, -0.2) is 0 Å². The first kappa shape index (κ1) is 15.3. The zero-order valence-electron chi connectivity index (χ0n) is 14.6. The topological polar surface area (TPSA) is 52.0 Å². The van der Waals surface area contributed by atoms with E-state index in [1.807, 2.05) is 20.1 Å². The van der Waals surface area contributed by atoms with Crippen LogP contribution in [0.4, 0.5) is 0 Å². The fourth-order valence-corrected chi connectivity index (χ4v) is 4.75. The summed E-state index contributed by atoms with van der Waals surface area (Å²) >= 11 is 0. The number of ether oxygens (including phenoxy) is 2. The van der Waals surface area contributed by atoms with E-state index in [0.717, 1.165) is 25.0 Å². The lowest BCUT2D eigenvalue weighted by atomic mass is 9.54. The maximum Gasteiger partial charge on any atom is 0.308 e. The molecule has 4 rings (SSSR count). The van der Waals surface area contributed by atoms with Crippen molar-refractivity contribution >= 4 is 5.97 Å². The third-order valence-electron chi connectivity index (χ3n) is 6.61. The van der Waals surface area contributed by atoms with E-state index in [4.69, 9.17) is 13.9 Å². The summed E-state index contributed by atoms with van der Waals surface area (Å²) in [5.74, 6) is 1.28. The Morgan fingerprint density at radius 2 is 2.13 bits per heavy atom. The van der Waals surface area contributed by atoms with Crippen LogP contribution in [0, 0.1) is 24.2 Å². The van der Waals surface area contributed by atoms with E-state index in [2.05, 4.69) is 20.8 Å². The molecule has 1 saturated carbocycles. The zero-order valence-corrected chi connectivity index (χ0v) is 14.6. The van der Waals surface area contributed by atoms with Gasteiger partial charge in [-0.2, -0.15) is 0 Å². The van der Waals surface area contributed by atoms with Crippen molar-refractivity contribution < 1.29 is 18.7 Å². The molecule has 126 valence electrons. The van der Waals surface area contributed by atoms with E-state index in [1.165, 1.54) is 11.1 Å². The summed E-state index contributed by atoms with van der Waals surface area (Å²) in [7, 11) is 0. The van der Waals surface area contributed by atoms with Gasteiger partial charge in [0, 0.05) is 11.8 Å². The lowest BCUT2D eigenvalue weighted by Crippen LogP contribution is -2.55. The highest BCUT2D eigenvalue weighted by atomic mass is 16.6. The molecule has 1 aromatic heterocycles. The quantitative estimate of drug-likeness (QED) is 0.619. The van der Waals surface area contributed by atoms with Crippen LogP contribution in [-0.2, 0) is 27.1 Å². The summed E-state index contributed by atoms with van der Waals surface area (Å²) < 4.78 is 17.8. The Morgan fingerprint density at radius 3 is 2.83 bits per heavy atom. The van der Waals surface area contributed by atoms with Gasteiger partial charge in [-0.3, -0.25) is 4.79 Å². The summed E-state index contributed by atoms with van der Waals surface area (Å²) in [5.41, 5.74) is 2.47. The van der Waals surface area contributed by atoms with Gasteiger partial charge in [0.05, 0.1) is 12.2 Å². The van der Waals surface area contributed by atoms with Gasteiger partial charge in [-0.1, -0.05) is 27.7 Å². The van der Waals surface area contributed by atoms with Gasteiger partial charge < -0.3 is 13.9 Å². The van der Waals surface area contributed by atoms with Crippen molar-refractivity contribution in [1.82, 2.24) is 0 Å². The normalized spacial score (nSPS) is 41.0. The van der Waals surface area contributed by atoms with Gasteiger partial charge >= 0.3 is 5.97 Å². The molecule has 5 unspecified atom stereocenters. The highest BCUT2D eigenvalue weighted by Gasteiger charge is 2.75. The number of hydrogen-bond acceptors (Lipinski definition) is 4. The summed E-state index contributed by atoms with van der Waals surface area (Å²) in [4.78, 5) is 12.0. The van der Waals surface area contributed by atoms with Crippen molar-refractivity contribution in [2.45, 2.75) is 71.7 Å². The van der Waals surface area contributed by atoms with Crippen LogP contribution in [0.15, 0.2) is 10.7 Å². The van der Waals surface area contributed by atoms with Gasteiger partial charge in [-0.05, 0) is 36.8 Å². The van der Waals surface area contributed by atoms with Crippen LogP contribution >= 0.6 is 0 Å². The SMILES string of the molecule is Cc1coc2c1CC1(C)C(C)CC(OC(=O)C(C)C)C3OC31C2. The fourth-order valence-electron chi connectivity index (χ4n) is 4.75. The number of aryl methyl sites for hydroxylation is 1. The minimum atomic E-state index is -0.218. The molecule has 4 heteroatoms. The van der Waals surface area contributed by atoms with E-state index >= 15 is 0 Å². The molecule has 4 nitrogen and oxygen atoms in total. The summed E-state index contributed by atoms with van der Waals surface area (Å²) in [6.45, 7) is 10.5. The molecule has 1 aromatic rings. The van der Waals surface area contributed by atoms with Gasteiger partial charge in [-0.15, -0.1) is 0 Å². The van der Waals surface area contributed by atoms with Crippen LogP contribution in [0.5, 0.6) is 0 Å². The van der Waals surface area contributed by atoms with Crippen LogP contribution in [0.25, 0.3) is 0 Å². The first-order valence-corrected chi connectivity index (χ1v) is 8.72. The van der Waals surface area contributed by atoms with Crippen molar-refractivity contribution in [1.29, 1.82) is 0 Å². The molecule has 3 aliphatic rings. The van der Waals surface area contributed by atoms with Gasteiger partial charge in [0.15, 0.2) is 0 Å². The Morgan fingerprint density at radius 1 is 1.39 bits per heavy atom.